The number of hydrogen-bond acceptors (Lipinski definition) is 5. The van der Waals surface area contributed by atoms with Crippen LogP contribution >= 0.6 is 11.3 Å². The van der Waals surface area contributed by atoms with Crippen LogP contribution in [0.4, 0.5) is 10.2 Å². The van der Waals surface area contributed by atoms with Crippen LogP contribution < -0.4 is 15.4 Å². The number of aromatic nitrogens is 1. The van der Waals surface area contributed by atoms with E-state index >= 15 is 0 Å². The van der Waals surface area contributed by atoms with Crippen LogP contribution in [-0.4, -0.2) is 17.9 Å². The van der Waals surface area contributed by atoms with Crippen LogP contribution in [0.5, 0.6) is 10.8 Å². The first-order valence-corrected chi connectivity index (χ1v) is 8.40. The Morgan fingerprint density at radius 2 is 1.96 bits per heavy atom. The van der Waals surface area contributed by atoms with Gasteiger partial charge in [-0.15, -0.1) is 11.3 Å². The molecule has 128 valence electrons. The Bertz CT molecular complexity index is 848. The molecule has 1 aromatic carbocycles. The molecule has 0 saturated heterocycles. The molecular formula is C18H16FN3O2S. The zero-order chi connectivity index (χ0) is 17.6. The van der Waals surface area contributed by atoms with Crippen molar-refractivity contribution in [2.45, 2.75) is 6.54 Å². The molecule has 25 heavy (non-hydrogen) atoms. The number of carbonyl (C=O) groups excluding carboxylic acids is 1. The number of ether oxygens (including phenoxy) is 1. The van der Waals surface area contributed by atoms with Crippen LogP contribution in [0.3, 0.4) is 0 Å². The topological polar surface area (TPSA) is 63.2 Å². The van der Waals surface area contributed by atoms with Crippen molar-refractivity contribution in [1.82, 2.24) is 10.3 Å². The number of nitrogens with one attached hydrogen (secondary N) is 2. The minimum Gasteiger partial charge on any atom is -0.447 e. The van der Waals surface area contributed by atoms with Gasteiger partial charge in [0.05, 0.1) is 12.1 Å². The van der Waals surface area contributed by atoms with Gasteiger partial charge in [-0.25, -0.2) is 9.37 Å². The summed E-state index contributed by atoms with van der Waals surface area (Å²) >= 11 is 1.42. The molecule has 7 heteroatoms. The molecule has 0 spiro atoms. The van der Waals surface area contributed by atoms with Crippen molar-refractivity contribution in [2.75, 3.05) is 12.4 Å². The Kier molecular flexibility index (Phi) is 5.25. The molecule has 2 heterocycles. The van der Waals surface area contributed by atoms with E-state index in [1.807, 2.05) is 12.1 Å². The Balaban J connectivity index is 1.55. The summed E-state index contributed by atoms with van der Waals surface area (Å²) < 4.78 is 18.5. The van der Waals surface area contributed by atoms with Crippen molar-refractivity contribution in [3.8, 4) is 10.8 Å². The number of hydrogen-bond donors (Lipinski definition) is 2. The van der Waals surface area contributed by atoms with Crippen LogP contribution in [0.2, 0.25) is 0 Å². The molecule has 0 radical (unpaired) electrons. The van der Waals surface area contributed by atoms with E-state index in [9.17, 15) is 9.18 Å². The summed E-state index contributed by atoms with van der Waals surface area (Å²) in [6, 6.07) is 13.0. The van der Waals surface area contributed by atoms with E-state index in [0.29, 0.717) is 28.7 Å². The molecule has 0 unspecified atom stereocenters. The van der Waals surface area contributed by atoms with Gasteiger partial charge in [0.25, 0.3) is 5.91 Å². The fourth-order valence-corrected chi connectivity index (χ4v) is 2.89. The summed E-state index contributed by atoms with van der Waals surface area (Å²) in [5.41, 5.74) is 0.498. The number of rotatable bonds is 6. The summed E-state index contributed by atoms with van der Waals surface area (Å²) in [7, 11) is 1.77. The van der Waals surface area contributed by atoms with E-state index in [1.165, 1.54) is 29.7 Å². The van der Waals surface area contributed by atoms with E-state index in [0.717, 1.165) is 4.88 Å². The smallest absolute Gasteiger partial charge is 0.253 e. The number of halogens is 1. The first kappa shape index (κ1) is 16.9. The van der Waals surface area contributed by atoms with E-state index in [1.54, 1.807) is 31.3 Å². The third-order valence-corrected chi connectivity index (χ3v) is 4.34. The predicted molar refractivity (Wildman–Crippen MR) is 95.7 cm³/mol. The largest absolute Gasteiger partial charge is 0.447 e. The lowest BCUT2D eigenvalue weighted by molar-refractivity contribution is 0.0951. The van der Waals surface area contributed by atoms with Gasteiger partial charge in [-0.2, -0.15) is 0 Å². The lowest BCUT2D eigenvalue weighted by Crippen LogP contribution is -2.22. The van der Waals surface area contributed by atoms with Crippen molar-refractivity contribution in [3.63, 3.8) is 0 Å². The van der Waals surface area contributed by atoms with Crippen LogP contribution in [-0.2, 0) is 6.54 Å². The summed E-state index contributed by atoms with van der Waals surface area (Å²) in [6.45, 7) is 0.393. The number of anilines is 1. The summed E-state index contributed by atoms with van der Waals surface area (Å²) in [5, 5.41) is 6.42. The van der Waals surface area contributed by atoms with Crippen molar-refractivity contribution in [1.29, 1.82) is 0 Å². The molecule has 0 atom stereocenters. The third kappa shape index (κ3) is 4.54. The average Bonchev–Trinajstić information content (AvgIpc) is 3.09. The number of carbonyl (C=O) groups is 1. The highest BCUT2D eigenvalue weighted by Gasteiger charge is 2.08. The molecule has 3 rings (SSSR count). The number of nitrogens with zero attached hydrogens (tertiary/aromatic N) is 1. The van der Waals surface area contributed by atoms with Gasteiger partial charge in [-0.05, 0) is 48.5 Å². The molecule has 1 amide bonds. The predicted octanol–water partition coefficient (Wildman–Crippen LogP) is 4.05. The van der Waals surface area contributed by atoms with Gasteiger partial charge >= 0.3 is 0 Å². The maximum absolute atomic E-state index is 12.9. The van der Waals surface area contributed by atoms with Crippen molar-refractivity contribution >= 4 is 23.1 Å². The number of thiophene rings is 1. The second kappa shape index (κ2) is 7.76. The van der Waals surface area contributed by atoms with E-state index in [4.69, 9.17) is 4.74 Å². The molecule has 2 aromatic heterocycles. The normalized spacial score (nSPS) is 10.3. The van der Waals surface area contributed by atoms with Gasteiger partial charge in [0.2, 0.25) is 0 Å². The molecule has 0 bridgehead atoms. The fraction of sp³-hybridized carbons (Fsp3) is 0.111. The van der Waals surface area contributed by atoms with Crippen LogP contribution in [0.25, 0.3) is 0 Å². The highest BCUT2D eigenvalue weighted by atomic mass is 32.1. The minimum absolute atomic E-state index is 0.190. The van der Waals surface area contributed by atoms with Gasteiger partial charge in [0, 0.05) is 18.1 Å². The molecule has 0 aliphatic carbocycles. The first-order valence-electron chi connectivity index (χ1n) is 7.58. The Labute approximate surface area is 148 Å². The monoisotopic (exact) mass is 357 g/mol. The highest BCUT2D eigenvalue weighted by molar-refractivity contribution is 7.13. The second-order valence-corrected chi connectivity index (χ2v) is 6.27. The van der Waals surface area contributed by atoms with Gasteiger partial charge in [0.15, 0.2) is 5.06 Å². The van der Waals surface area contributed by atoms with Crippen molar-refractivity contribution in [3.05, 3.63) is 71.0 Å². The van der Waals surface area contributed by atoms with Gasteiger partial charge in [-0.1, -0.05) is 0 Å². The molecule has 5 nitrogen and oxygen atoms in total. The lowest BCUT2D eigenvalue weighted by Gasteiger charge is -2.05. The molecule has 0 saturated carbocycles. The van der Waals surface area contributed by atoms with Crippen LogP contribution in [0.15, 0.2) is 54.7 Å². The minimum atomic E-state index is -0.306. The van der Waals surface area contributed by atoms with E-state index in [2.05, 4.69) is 15.6 Å². The zero-order valence-electron chi connectivity index (χ0n) is 13.5. The quantitative estimate of drug-likeness (QED) is 0.699. The van der Waals surface area contributed by atoms with Crippen molar-refractivity contribution < 1.29 is 13.9 Å². The molecule has 3 aromatic rings. The summed E-state index contributed by atoms with van der Waals surface area (Å²) in [4.78, 5) is 17.2. The molecule has 0 aliphatic rings. The maximum atomic E-state index is 12.9. The number of pyridine rings is 1. The van der Waals surface area contributed by atoms with Gasteiger partial charge in [0.1, 0.15) is 17.4 Å². The number of benzene rings is 1. The summed E-state index contributed by atoms with van der Waals surface area (Å²) in [5.74, 6) is 0.774. The fourth-order valence-electron chi connectivity index (χ4n) is 2.07. The molecule has 0 aliphatic heterocycles. The Morgan fingerprint density at radius 1 is 1.16 bits per heavy atom. The number of amides is 1. The van der Waals surface area contributed by atoms with Crippen molar-refractivity contribution in [2.24, 2.45) is 0 Å². The molecular weight excluding hydrogens is 341 g/mol. The standard InChI is InChI=1S/C18H16FN3O2S/c1-20-16-8-2-12(10-21-16)18(23)22-11-15-7-9-17(25-15)24-14-5-3-13(19)4-6-14/h2-10H,11H2,1H3,(H,20,21)(H,22,23). The van der Waals surface area contributed by atoms with Gasteiger partial charge < -0.3 is 15.4 Å². The van der Waals surface area contributed by atoms with Crippen LogP contribution in [0.1, 0.15) is 15.2 Å². The lowest BCUT2D eigenvalue weighted by atomic mass is 10.2. The zero-order valence-corrected chi connectivity index (χ0v) is 14.3. The Hall–Kier alpha value is -2.93. The van der Waals surface area contributed by atoms with Gasteiger partial charge in [-0.3, -0.25) is 4.79 Å². The third-order valence-electron chi connectivity index (χ3n) is 3.37. The summed E-state index contributed by atoms with van der Waals surface area (Å²) in [6.07, 6.45) is 1.53. The Morgan fingerprint density at radius 3 is 2.64 bits per heavy atom. The average molecular weight is 357 g/mol. The highest BCUT2D eigenvalue weighted by Crippen LogP contribution is 2.29. The van der Waals surface area contributed by atoms with Crippen LogP contribution in [0, 0.1) is 5.82 Å². The van der Waals surface area contributed by atoms with E-state index < -0.39 is 0 Å². The molecule has 2 N–H and O–H groups in total. The SMILES string of the molecule is CNc1ccc(C(=O)NCc2ccc(Oc3ccc(F)cc3)s2)cn1. The maximum Gasteiger partial charge on any atom is 0.253 e. The van der Waals surface area contributed by atoms with E-state index in [-0.39, 0.29) is 11.7 Å². The molecule has 0 fully saturated rings. The second-order valence-electron chi connectivity index (χ2n) is 5.14. The first-order chi connectivity index (χ1) is 12.1.